The number of anilines is 1. The molecule has 0 atom stereocenters. The van der Waals surface area contributed by atoms with Crippen molar-refractivity contribution < 1.29 is 13.2 Å². The Morgan fingerprint density at radius 2 is 1.74 bits per heavy atom. The number of aryl methyl sites for hydroxylation is 2. The Hall–Kier alpha value is -1.99. The van der Waals surface area contributed by atoms with E-state index in [9.17, 15) is 13.2 Å². The highest BCUT2D eigenvalue weighted by molar-refractivity contribution is 7.98. The Balaban J connectivity index is 1.82. The summed E-state index contributed by atoms with van der Waals surface area (Å²) >= 11 is 1.73. The first-order valence-electron chi connectivity index (χ1n) is 8.70. The van der Waals surface area contributed by atoms with E-state index in [1.807, 2.05) is 19.1 Å². The maximum atomic E-state index is 12.2. The zero-order valence-corrected chi connectivity index (χ0v) is 17.6. The molecule has 5 nitrogen and oxygen atoms in total. The van der Waals surface area contributed by atoms with Crippen LogP contribution in [0.3, 0.4) is 0 Å². The standard InChI is InChI=1S/C20H26N2O3S2/c1-16-8-10-18(11-9-16)15-26-13-12-21-20(23)14-22(27(3,24)25)19-7-5-4-6-17(19)2/h4-11H,12-15H2,1-3H3,(H,21,23). The zero-order valence-electron chi connectivity index (χ0n) is 15.9. The van der Waals surface area contributed by atoms with Crippen LogP contribution >= 0.6 is 11.8 Å². The Kier molecular flexibility index (Phi) is 7.74. The van der Waals surface area contributed by atoms with Gasteiger partial charge in [0.05, 0.1) is 11.9 Å². The summed E-state index contributed by atoms with van der Waals surface area (Å²) in [5.74, 6) is 1.34. The lowest BCUT2D eigenvalue weighted by atomic mass is 10.2. The molecule has 146 valence electrons. The van der Waals surface area contributed by atoms with Crippen LogP contribution in [0.25, 0.3) is 0 Å². The van der Waals surface area contributed by atoms with Crippen molar-refractivity contribution in [2.75, 3.05) is 29.4 Å². The molecule has 2 aromatic rings. The maximum Gasteiger partial charge on any atom is 0.240 e. The number of nitrogens with zero attached hydrogens (tertiary/aromatic N) is 1. The molecular weight excluding hydrogens is 380 g/mol. The lowest BCUT2D eigenvalue weighted by molar-refractivity contribution is -0.119. The summed E-state index contributed by atoms with van der Waals surface area (Å²) in [5.41, 5.74) is 3.83. The van der Waals surface area contributed by atoms with Gasteiger partial charge in [-0.05, 0) is 31.0 Å². The third-order valence-corrected chi connectivity index (χ3v) is 6.19. The molecule has 2 rings (SSSR count). The molecule has 0 unspecified atom stereocenters. The molecule has 0 saturated carbocycles. The molecule has 2 aromatic carbocycles. The Morgan fingerprint density at radius 3 is 2.37 bits per heavy atom. The molecule has 0 bridgehead atoms. The van der Waals surface area contributed by atoms with E-state index in [2.05, 4.69) is 36.5 Å². The molecule has 0 fully saturated rings. The van der Waals surface area contributed by atoms with Gasteiger partial charge in [-0.1, -0.05) is 48.0 Å². The van der Waals surface area contributed by atoms with Crippen molar-refractivity contribution in [2.45, 2.75) is 19.6 Å². The predicted molar refractivity (Wildman–Crippen MR) is 114 cm³/mol. The van der Waals surface area contributed by atoms with E-state index >= 15 is 0 Å². The quantitative estimate of drug-likeness (QED) is 0.650. The van der Waals surface area contributed by atoms with Gasteiger partial charge in [0, 0.05) is 18.1 Å². The fourth-order valence-corrected chi connectivity index (χ4v) is 4.28. The van der Waals surface area contributed by atoms with Crippen molar-refractivity contribution in [3.8, 4) is 0 Å². The number of carbonyl (C=O) groups excluding carboxylic acids is 1. The number of para-hydroxylation sites is 1. The summed E-state index contributed by atoms with van der Waals surface area (Å²) in [6.07, 6.45) is 1.12. The van der Waals surface area contributed by atoms with Crippen molar-refractivity contribution in [1.82, 2.24) is 5.32 Å². The number of benzene rings is 2. The van der Waals surface area contributed by atoms with Crippen LogP contribution in [-0.2, 0) is 20.6 Å². The third-order valence-electron chi connectivity index (χ3n) is 4.03. The largest absolute Gasteiger partial charge is 0.354 e. The molecule has 0 aliphatic carbocycles. The van der Waals surface area contributed by atoms with Gasteiger partial charge in [-0.25, -0.2) is 8.42 Å². The van der Waals surface area contributed by atoms with Gasteiger partial charge in [-0.15, -0.1) is 0 Å². The van der Waals surface area contributed by atoms with Crippen molar-refractivity contribution in [2.24, 2.45) is 0 Å². The summed E-state index contributed by atoms with van der Waals surface area (Å²) in [4.78, 5) is 12.2. The van der Waals surface area contributed by atoms with E-state index < -0.39 is 10.0 Å². The molecule has 0 aromatic heterocycles. The van der Waals surface area contributed by atoms with Gasteiger partial charge in [0.1, 0.15) is 6.54 Å². The number of hydrogen-bond donors (Lipinski definition) is 1. The van der Waals surface area contributed by atoms with E-state index in [0.29, 0.717) is 12.2 Å². The van der Waals surface area contributed by atoms with Crippen LogP contribution in [0.4, 0.5) is 5.69 Å². The monoisotopic (exact) mass is 406 g/mol. The average Bonchev–Trinajstić information content (AvgIpc) is 2.61. The number of rotatable bonds is 9. The number of sulfonamides is 1. The van der Waals surface area contributed by atoms with E-state index in [0.717, 1.165) is 27.6 Å². The van der Waals surface area contributed by atoms with E-state index in [4.69, 9.17) is 0 Å². The zero-order chi connectivity index (χ0) is 19.9. The first-order valence-corrected chi connectivity index (χ1v) is 11.7. The fraction of sp³-hybridized carbons (Fsp3) is 0.350. The summed E-state index contributed by atoms with van der Waals surface area (Å²) in [7, 11) is -3.54. The van der Waals surface area contributed by atoms with Crippen LogP contribution in [-0.4, -0.2) is 39.4 Å². The van der Waals surface area contributed by atoms with Gasteiger partial charge in [-0.2, -0.15) is 11.8 Å². The topological polar surface area (TPSA) is 66.5 Å². The first-order chi connectivity index (χ1) is 12.8. The van der Waals surface area contributed by atoms with Gasteiger partial charge in [0.2, 0.25) is 15.9 Å². The molecule has 0 heterocycles. The molecule has 7 heteroatoms. The molecule has 0 aliphatic rings. The second kappa shape index (κ2) is 9.80. The number of thioether (sulfide) groups is 1. The van der Waals surface area contributed by atoms with Crippen molar-refractivity contribution in [3.63, 3.8) is 0 Å². The van der Waals surface area contributed by atoms with Gasteiger partial charge < -0.3 is 5.32 Å². The molecule has 0 saturated heterocycles. The minimum absolute atomic E-state index is 0.216. The van der Waals surface area contributed by atoms with E-state index in [1.54, 1.807) is 23.9 Å². The minimum Gasteiger partial charge on any atom is -0.354 e. The smallest absolute Gasteiger partial charge is 0.240 e. The Morgan fingerprint density at radius 1 is 1.07 bits per heavy atom. The Labute approximate surface area is 166 Å². The van der Waals surface area contributed by atoms with Crippen molar-refractivity contribution in [3.05, 3.63) is 65.2 Å². The summed E-state index contributed by atoms with van der Waals surface area (Å²) in [6, 6.07) is 15.5. The van der Waals surface area contributed by atoms with E-state index in [1.165, 1.54) is 11.1 Å². The lowest BCUT2D eigenvalue weighted by Gasteiger charge is -2.23. The highest BCUT2D eigenvalue weighted by Crippen LogP contribution is 2.21. The van der Waals surface area contributed by atoms with Gasteiger partial charge in [-0.3, -0.25) is 9.10 Å². The highest BCUT2D eigenvalue weighted by Gasteiger charge is 2.21. The first kappa shape index (κ1) is 21.3. The van der Waals surface area contributed by atoms with Crippen LogP contribution < -0.4 is 9.62 Å². The number of carbonyl (C=O) groups is 1. The molecule has 27 heavy (non-hydrogen) atoms. The predicted octanol–water partition coefficient (Wildman–Crippen LogP) is 3.12. The third kappa shape index (κ3) is 6.92. The maximum absolute atomic E-state index is 12.2. The van der Waals surface area contributed by atoms with Crippen LogP contribution in [0.15, 0.2) is 48.5 Å². The average molecular weight is 407 g/mol. The minimum atomic E-state index is -3.54. The van der Waals surface area contributed by atoms with E-state index in [-0.39, 0.29) is 12.5 Å². The van der Waals surface area contributed by atoms with Crippen LogP contribution in [0.5, 0.6) is 0 Å². The van der Waals surface area contributed by atoms with Crippen LogP contribution in [0.2, 0.25) is 0 Å². The van der Waals surface area contributed by atoms with Crippen molar-refractivity contribution in [1.29, 1.82) is 0 Å². The molecule has 1 N–H and O–H groups in total. The highest BCUT2D eigenvalue weighted by atomic mass is 32.2. The molecule has 0 spiro atoms. The van der Waals surface area contributed by atoms with Gasteiger partial charge in [0.25, 0.3) is 0 Å². The van der Waals surface area contributed by atoms with Gasteiger partial charge >= 0.3 is 0 Å². The Bertz CT molecular complexity index is 865. The summed E-state index contributed by atoms with van der Waals surface area (Å²) in [6.45, 7) is 4.17. The fourth-order valence-electron chi connectivity index (χ4n) is 2.55. The van der Waals surface area contributed by atoms with Crippen LogP contribution in [0, 0.1) is 13.8 Å². The number of hydrogen-bond acceptors (Lipinski definition) is 4. The normalized spacial score (nSPS) is 11.2. The lowest BCUT2D eigenvalue weighted by Crippen LogP contribution is -2.41. The second-order valence-electron chi connectivity index (χ2n) is 6.44. The summed E-state index contributed by atoms with van der Waals surface area (Å²) < 4.78 is 25.4. The molecule has 0 radical (unpaired) electrons. The SMILES string of the molecule is Cc1ccc(CSCCNC(=O)CN(c2ccccc2C)S(C)(=O)=O)cc1. The van der Waals surface area contributed by atoms with Crippen LogP contribution in [0.1, 0.15) is 16.7 Å². The molecule has 1 amide bonds. The number of amides is 1. The van der Waals surface area contributed by atoms with Crippen molar-refractivity contribution >= 4 is 33.4 Å². The van der Waals surface area contributed by atoms with Gasteiger partial charge in [0.15, 0.2) is 0 Å². The second-order valence-corrected chi connectivity index (χ2v) is 9.46. The number of nitrogens with one attached hydrogen (secondary N) is 1. The summed E-state index contributed by atoms with van der Waals surface area (Å²) in [5, 5.41) is 2.80. The molecule has 0 aliphatic heterocycles. The molecular formula is C20H26N2O3S2.